The van der Waals surface area contributed by atoms with Crippen molar-refractivity contribution in [2.45, 2.75) is 18.0 Å². The van der Waals surface area contributed by atoms with Crippen molar-refractivity contribution in [2.75, 3.05) is 7.05 Å². The molecule has 0 bridgehead atoms. The van der Waals surface area contributed by atoms with E-state index >= 15 is 4.39 Å². The molecule has 6 nitrogen and oxygen atoms in total. The molecule has 0 amide bonds. The van der Waals surface area contributed by atoms with E-state index in [9.17, 15) is 17.2 Å². The van der Waals surface area contributed by atoms with E-state index in [0.717, 1.165) is 22.2 Å². The Morgan fingerprint density at radius 2 is 1.85 bits per heavy atom. The Kier molecular flexibility index (Phi) is 6.71. The number of nitrogens with one attached hydrogen (secondary N) is 1. The number of hydrogen-bond donors (Lipinski definition) is 1. The molecule has 4 aromatic rings. The summed E-state index contributed by atoms with van der Waals surface area (Å²) in [6.07, 6.45) is 4.10. The molecule has 10 heteroatoms. The van der Waals surface area contributed by atoms with Crippen LogP contribution in [0.3, 0.4) is 0 Å². The zero-order valence-corrected chi connectivity index (χ0v) is 18.8. The molecule has 0 aliphatic rings. The van der Waals surface area contributed by atoms with Crippen molar-refractivity contribution < 1.29 is 26.3 Å². The lowest BCUT2D eigenvalue weighted by Gasteiger charge is -2.12. The van der Waals surface area contributed by atoms with Gasteiger partial charge in [0.1, 0.15) is 34.7 Å². The fraction of sp³-hybridized carbons (Fsp3) is 0.125. The third kappa shape index (κ3) is 4.82. The molecule has 176 valence electrons. The van der Waals surface area contributed by atoms with E-state index in [1.165, 1.54) is 48.9 Å². The smallest absolute Gasteiger partial charge is 0.269 e. The van der Waals surface area contributed by atoms with Crippen molar-refractivity contribution in [1.29, 1.82) is 0 Å². The van der Waals surface area contributed by atoms with Crippen LogP contribution >= 0.6 is 0 Å². The first-order valence-electron chi connectivity index (χ1n) is 10.2. The SMILES string of the molecule is CNCc1cc(-c2ccc(OCc3ccc(F)cc3F)cc2F)n(S(=O)(=O)c2cccnc2)c1. The van der Waals surface area contributed by atoms with Crippen LogP contribution in [-0.2, 0) is 23.2 Å². The van der Waals surface area contributed by atoms with Crippen LogP contribution in [0.1, 0.15) is 11.1 Å². The normalized spacial score (nSPS) is 11.5. The second kappa shape index (κ2) is 9.70. The van der Waals surface area contributed by atoms with Crippen molar-refractivity contribution in [3.63, 3.8) is 0 Å². The van der Waals surface area contributed by atoms with Crippen molar-refractivity contribution in [3.05, 3.63) is 102 Å². The molecule has 0 saturated carbocycles. The first kappa shape index (κ1) is 23.5. The molecule has 0 aliphatic heterocycles. The monoisotopic (exact) mass is 487 g/mol. The molecule has 1 N–H and O–H groups in total. The summed E-state index contributed by atoms with van der Waals surface area (Å²) >= 11 is 0. The van der Waals surface area contributed by atoms with Gasteiger partial charge < -0.3 is 10.1 Å². The van der Waals surface area contributed by atoms with Gasteiger partial charge in [-0.2, -0.15) is 0 Å². The molecule has 2 heterocycles. The van der Waals surface area contributed by atoms with Crippen LogP contribution < -0.4 is 10.1 Å². The molecule has 0 fully saturated rings. The highest BCUT2D eigenvalue weighted by molar-refractivity contribution is 7.90. The van der Waals surface area contributed by atoms with Gasteiger partial charge in [-0.1, -0.05) is 0 Å². The van der Waals surface area contributed by atoms with Crippen LogP contribution in [0.5, 0.6) is 5.75 Å². The maximum atomic E-state index is 15.1. The second-order valence-electron chi connectivity index (χ2n) is 7.42. The second-order valence-corrected chi connectivity index (χ2v) is 9.23. The Morgan fingerprint density at radius 1 is 1.03 bits per heavy atom. The zero-order chi connectivity index (χ0) is 24.3. The van der Waals surface area contributed by atoms with Crippen LogP contribution in [0.25, 0.3) is 11.3 Å². The van der Waals surface area contributed by atoms with Gasteiger partial charge in [0.2, 0.25) is 0 Å². The number of pyridine rings is 1. The Bertz CT molecular complexity index is 1420. The minimum Gasteiger partial charge on any atom is -0.489 e. The average molecular weight is 488 g/mol. The predicted octanol–water partition coefficient (Wildman–Crippen LogP) is 4.50. The number of hydrogen-bond acceptors (Lipinski definition) is 5. The van der Waals surface area contributed by atoms with E-state index in [2.05, 4.69) is 10.3 Å². The number of aromatic nitrogens is 2. The summed E-state index contributed by atoms with van der Waals surface area (Å²) in [4.78, 5) is 3.83. The van der Waals surface area contributed by atoms with Gasteiger partial charge in [0.25, 0.3) is 10.0 Å². The topological polar surface area (TPSA) is 73.2 Å². The Morgan fingerprint density at radius 3 is 2.53 bits per heavy atom. The highest BCUT2D eigenvalue weighted by Crippen LogP contribution is 2.31. The fourth-order valence-electron chi connectivity index (χ4n) is 3.40. The van der Waals surface area contributed by atoms with Crippen LogP contribution in [0.4, 0.5) is 13.2 Å². The molecular formula is C24H20F3N3O3S. The molecule has 0 aliphatic carbocycles. The van der Waals surface area contributed by atoms with Gasteiger partial charge in [-0.15, -0.1) is 0 Å². The molecule has 0 saturated heterocycles. The Labute approximate surface area is 194 Å². The summed E-state index contributed by atoms with van der Waals surface area (Å²) in [6, 6.07) is 11.5. The van der Waals surface area contributed by atoms with Crippen molar-refractivity contribution in [1.82, 2.24) is 14.3 Å². The number of ether oxygens (including phenoxy) is 1. The largest absolute Gasteiger partial charge is 0.489 e. The van der Waals surface area contributed by atoms with Crippen LogP contribution in [0.2, 0.25) is 0 Å². The minimum absolute atomic E-state index is 0.0372. The summed E-state index contributed by atoms with van der Waals surface area (Å²) in [6.45, 7) is 0.136. The molecule has 0 radical (unpaired) electrons. The third-order valence-corrected chi connectivity index (χ3v) is 6.70. The van der Waals surface area contributed by atoms with Crippen LogP contribution in [0, 0.1) is 17.5 Å². The Hall–Kier alpha value is -3.63. The maximum Gasteiger partial charge on any atom is 0.269 e. The quantitative estimate of drug-likeness (QED) is 0.396. The van der Waals surface area contributed by atoms with Gasteiger partial charge in [-0.25, -0.2) is 25.6 Å². The molecule has 4 rings (SSSR count). The molecule has 2 aromatic heterocycles. The summed E-state index contributed by atoms with van der Waals surface area (Å²) in [5.74, 6) is -2.10. The molecule has 2 aromatic carbocycles. The van der Waals surface area contributed by atoms with E-state index in [1.54, 1.807) is 13.1 Å². The highest BCUT2D eigenvalue weighted by atomic mass is 32.2. The van der Waals surface area contributed by atoms with Gasteiger partial charge in [0.15, 0.2) is 0 Å². The van der Waals surface area contributed by atoms with Crippen molar-refractivity contribution in [2.24, 2.45) is 0 Å². The molecule has 34 heavy (non-hydrogen) atoms. The number of nitrogens with zero attached hydrogens (tertiary/aromatic N) is 2. The lowest BCUT2D eigenvalue weighted by Crippen LogP contribution is -2.14. The molecule has 0 atom stereocenters. The van der Waals surface area contributed by atoms with Gasteiger partial charge in [0, 0.05) is 48.4 Å². The van der Waals surface area contributed by atoms with Crippen molar-refractivity contribution >= 4 is 10.0 Å². The predicted molar refractivity (Wildman–Crippen MR) is 120 cm³/mol. The van der Waals surface area contributed by atoms with E-state index in [1.807, 2.05) is 0 Å². The lowest BCUT2D eigenvalue weighted by atomic mass is 10.1. The molecular weight excluding hydrogens is 467 g/mol. The first-order chi connectivity index (χ1) is 16.3. The van der Waals surface area contributed by atoms with E-state index < -0.39 is 27.5 Å². The summed E-state index contributed by atoms with van der Waals surface area (Å²) in [5, 5.41) is 2.94. The van der Waals surface area contributed by atoms with Crippen LogP contribution in [-0.4, -0.2) is 24.4 Å². The summed E-state index contributed by atoms with van der Waals surface area (Å²) in [7, 11) is -2.33. The fourth-order valence-corrected chi connectivity index (χ4v) is 4.76. The lowest BCUT2D eigenvalue weighted by molar-refractivity contribution is 0.298. The first-order valence-corrected chi connectivity index (χ1v) is 11.6. The average Bonchev–Trinajstić information content (AvgIpc) is 3.24. The Balaban J connectivity index is 1.67. The van der Waals surface area contributed by atoms with Gasteiger partial charge in [-0.3, -0.25) is 4.98 Å². The number of benzene rings is 2. The number of halogens is 3. The molecule has 0 spiro atoms. The third-order valence-electron chi connectivity index (χ3n) is 5.04. The van der Waals surface area contributed by atoms with E-state index in [-0.39, 0.29) is 34.1 Å². The van der Waals surface area contributed by atoms with E-state index in [0.29, 0.717) is 12.1 Å². The zero-order valence-electron chi connectivity index (χ0n) is 18.0. The molecule has 0 unspecified atom stereocenters. The number of rotatable bonds is 8. The van der Waals surface area contributed by atoms with Crippen molar-refractivity contribution in [3.8, 4) is 17.0 Å². The van der Waals surface area contributed by atoms with Gasteiger partial charge >= 0.3 is 0 Å². The minimum atomic E-state index is -4.04. The van der Waals surface area contributed by atoms with E-state index in [4.69, 9.17) is 4.74 Å². The standard InChI is InChI=1S/C24H20F3N3O3S/c1-28-12-16-9-24(30(14-16)34(31,32)20-3-2-8-29-13-20)21-7-6-19(11-23(21)27)33-15-17-4-5-18(25)10-22(17)26/h2-11,13-14,28H,12,15H2,1H3. The summed E-state index contributed by atoms with van der Waals surface area (Å²) < 4.78 is 74.9. The van der Waals surface area contributed by atoms with Gasteiger partial charge in [-0.05, 0) is 55.1 Å². The highest BCUT2D eigenvalue weighted by Gasteiger charge is 2.23. The van der Waals surface area contributed by atoms with Gasteiger partial charge in [0.05, 0.1) is 5.69 Å². The van der Waals surface area contributed by atoms with Crippen LogP contribution in [0.15, 0.2) is 78.1 Å². The maximum absolute atomic E-state index is 15.1. The summed E-state index contributed by atoms with van der Waals surface area (Å²) in [5.41, 5.74) is 0.911.